The summed E-state index contributed by atoms with van der Waals surface area (Å²) in [4.78, 5) is 14.0. The molecule has 0 aromatic rings. The standard InChI is InChI=1S/C13H24N2O2/c14-8-4-2-1-3-5-13(16)15-9-11-6-7-12(10-15)17-11/h11-12H,1-10,14H2. The third-order valence-corrected chi connectivity index (χ3v) is 3.74. The maximum absolute atomic E-state index is 12.0. The smallest absolute Gasteiger partial charge is 0.222 e. The van der Waals surface area contributed by atoms with Gasteiger partial charge < -0.3 is 15.4 Å². The quantitative estimate of drug-likeness (QED) is 0.712. The first kappa shape index (κ1) is 12.8. The van der Waals surface area contributed by atoms with E-state index in [0.29, 0.717) is 24.5 Å². The molecular weight excluding hydrogens is 216 g/mol. The Bertz CT molecular complexity index is 246. The highest BCUT2D eigenvalue weighted by Crippen LogP contribution is 2.26. The number of carbonyl (C=O) groups is 1. The Balaban J connectivity index is 1.63. The second kappa shape index (κ2) is 6.36. The zero-order valence-corrected chi connectivity index (χ0v) is 10.6. The van der Waals surface area contributed by atoms with Crippen molar-refractivity contribution in [3.63, 3.8) is 0 Å². The van der Waals surface area contributed by atoms with E-state index < -0.39 is 0 Å². The Labute approximate surface area is 103 Å². The molecule has 1 amide bonds. The van der Waals surface area contributed by atoms with Gasteiger partial charge in [0, 0.05) is 19.5 Å². The Morgan fingerprint density at radius 3 is 2.41 bits per heavy atom. The van der Waals surface area contributed by atoms with E-state index in [0.717, 1.165) is 58.2 Å². The predicted molar refractivity (Wildman–Crippen MR) is 66.6 cm³/mol. The lowest BCUT2D eigenvalue weighted by Gasteiger charge is -2.32. The van der Waals surface area contributed by atoms with Crippen LogP contribution in [0, 0.1) is 0 Å². The average Bonchev–Trinajstić information content (AvgIpc) is 2.67. The summed E-state index contributed by atoms with van der Waals surface area (Å²) in [6.07, 6.45) is 7.95. The van der Waals surface area contributed by atoms with E-state index in [-0.39, 0.29) is 0 Å². The van der Waals surface area contributed by atoms with Crippen LogP contribution in [0.1, 0.15) is 44.9 Å². The Hall–Kier alpha value is -0.610. The van der Waals surface area contributed by atoms with Crippen molar-refractivity contribution in [2.45, 2.75) is 57.2 Å². The molecule has 17 heavy (non-hydrogen) atoms. The largest absolute Gasteiger partial charge is 0.371 e. The number of hydrogen-bond donors (Lipinski definition) is 1. The lowest BCUT2D eigenvalue weighted by molar-refractivity contribution is -0.139. The molecule has 2 unspecified atom stereocenters. The molecule has 2 aliphatic rings. The second-order valence-corrected chi connectivity index (χ2v) is 5.21. The summed E-state index contributed by atoms with van der Waals surface area (Å²) in [6.45, 7) is 2.40. The average molecular weight is 240 g/mol. The number of amides is 1. The molecule has 2 aliphatic heterocycles. The van der Waals surface area contributed by atoms with Crippen LogP contribution in [0.15, 0.2) is 0 Å². The van der Waals surface area contributed by atoms with Gasteiger partial charge in [-0.3, -0.25) is 4.79 Å². The summed E-state index contributed by atoms with van der Waals surface area (Å²) in [5.74, 6) is 0.318. The maximum Gasteiger partial charge on any atom is 0.222 e. The van der Waals surface area contributed by atoms with Crippen LogP contribution >= 0.6 is 0 Å². The topological polar surface area (TPSA) is 55.6 Å². The lowest BCUT2D eigenvalue weighted by Crippen LogP contribution is -2.45. The highest BCUT2D eigenvalue weighted by molar-refractivity contribution is 5.76. The van der Waals surface area contributed by atoms with Gasteiger partial charge in [-0.2, -0.15) is 0 Å². The SMILES string of the molecule is NCCCCCCC(=O)N1CC2CCC(C1)O2. The molecule has 2 saturated heterocycles. The number of rotatable bonds is 6. The number of likely N-dealkylation sites (tertiary alicyclic amines) is 1. The number of hydrogen-bond acceptors (Lipinski definition) is 3. The maximum atomic E-state index is 12.0. The van der Waals surface area contributed by atoms with Crippen molar-refractivity contribution in [1.29, 1.82) is 0 Å². The van der Waals surface area contributed by atoms with Gasteiger partial charge in [0.1, 0.15) is 0 Å². The van der Waals surface area contributed by atoms with Crippen molar-refractivity contribution in [2.75, 3.05) is 19.6 Å². The number of ether oxygens (including phenoxy) is 1. The Morgan fingerprint density at radius 2 is 1.76 bits per heavy atom. The number of fused-ring (bicyclic) bond motifs is 2. The Morgan fingerprint density at radius 1 is 1.12 bits per heavy atom. The molecule has 2 N–H and O–H groups in total. The third-order valence-electron chi connectivity index (χ3n) is 3.74. The second-order valence-electron chi connectivity index (χ2n) is 5.21. The van der Waals surface area contributed by atoms with Crippen LogP contribution in [0.3, 0.4) is 0 Å². The highest BCUT2D eigenvalue weighted by atomic mass is 16.5. The molecule has 2 fully saturated rings. The number of morpholine rings is 1. The van der Waals surface area contributed by atoms with Crippen molar-refractivity contribution in [3.05, 3.63) is 0 Å². The molecule has 4 nitrogen and oxygen atoms in total. The van der Waals surface area contributed by atoms with Crippen LogP contribution in [0.2, 0.25) is 0 Å². The molecule has 2 rings (SSSR count). The normalized spacial score (nSPS) is 27.5. The van der Waals surface area contributed by atoms with Crippen LogP contribution in [0.25, 0.3) is 0 Å². The zero-order valence-electron chi connectivity index (χ0n) is 10.6. The predicted octanol–water partition coefficient (Wildman–Crippen LogP) is 1.29. The van der Waals surface area contributed by atoms with Crippen molar-refractivity contribution in [3.8, 4) is 0 Å². The zero-order chi connectivity index (χ0) is 12.1. The summed E-state index contributed by atoms with van der Waals surface area (Å²) >= 11 is 0. The van der Waals surface area contributed by atoms with Gasteiger partial charge in [-0.05, 0) is 32.2 Å². The van der Waals surface area contributed by atoms with Crippen molar-refractivity contribution in [1.82, 2.24) is 4.90 Å². The molecule has 0 aliphatic carbocycles. The summed E-state index contributed by atoms with van der Waals surface area (Å²) in [7, 11) is 0. The van der Waals surface area contributed by atoms with Gasteiger partial charge in [-0.25, -0.2) is 0 Å². The van der Waals surface area contributed by atoms with Gasteiger partial charge in [-0.15, -0.1) is 0 Å². The van der Waals surface area contributed by atoms with Gasteiger partial charge in [0.15, 0.2) is 0 Å². The van der Waals surface area contributed by atoms with Gasteiger partial charge in [0.25, 0.3) is 0 Å². The monoisotopic (exact) mass is 240 g/mol. The molecule has 4 heteroatoms. The minimum Gasteiger partial charge on any atom is -0.371 e. The molecule has 2 bridgehead atoms. The third kappa shape index (κ3) is 3.68. The van der Waals surface area contributed by atoms with Crippen LogP contribution in [0.5, 0.6) is 0 Å². The van der Waals surface area contributed by atoms with E-state index in [9.17, 15) is 4.79 Å². The highest BCUT2D eigenvalue weighted by Gasteiger charge is 2.35. The molecule has 0 aromatic heterocycles. The molecule has 2 heterocycles. The van der Waals surface area contributed by atoms with Gasteiger partial charge in [0.05, 0.1) is 12.2 Å². The number of nitrogens with two attached hydrogens (primary N) is 1. The summed E-state index contributed by atoms with van der Waals surface area (Å²) in [5.41, 5.74) is 5.44. The van der Waals surface area contributed by atoms with E-state index in [2.05, 4.69) is 0 Å². The molecule has 98 valence electrons. The van der Waals surface area contributed by atoms with Crippen molar-refractivity contribution in [2.24, 2.45) is 5.73 Å². The van der Waals surface area contributed by atoms with Gasteiger partial charge in [-0.1, -0.05) is 12.8 Å². The summed E-state index contributed by atoms with van der Waals surface area (Å²) in [5, 5.41) is 0. The fraction of sp³-hybridized carbons (Fsp3) is 0.923. The minimum atomic E-state index is 0.315. The first-order valence-electron chi connectivity index (χ1n) is 6.93. The number of nitrogens with zero attached hydrogens (tertiary/aromatic N) is 1. The van der Waals surface area contributed by atoms with Gasteiger partial charge >= 0.3 is 0 Å². The van der Waals surface area contributed by atoms with Crippen LogP contribution in [-0.4, -0.2) is 42.6 Å². The Kier molecular flexibility index (Phi) is 4.80. The molecule has 0 spiro atoms. The van der Waals surface area contributed by atoms with E-state index >= 15 is 0 Å². The lowest BCUT2D eigenvalue weighted by atomic mass is 10.1. The minimum absolute atomic E-state index is 0.315. The van der Waals surface area contributed by atoms with E-state index in [1.54, 1.807) is 0 Å². The van der Waals surface area contributed by atoms with E-state index in [4.69, 9.17) is 10.5 Å². The van der Waals surface area contributed by atoms with Crippen molar-refractivity contribution < 1.29 is 9.53 Å². The summed E-state index contributed by atoms with van der Waals surface area (Å²) < 4.78 is 5.73. The van der Waals surface area contributed by atoms with E-state index in [1.165, 1.54) is 0 Å². The fourth-order valence-electron chi connectivity index (χ4n) is 2.75. The first-order chi connectivity index (χ1) is 8.29. The molecule has 0 saturated carbocycles. The number of carbonyl (C=O) groups excluding carboxylic acids is 1. The number of unbranched alkanes of at least 4 members (excludes halogenated alkanes) is 3. The fourth-order valence-corrected chi connectivity index (χ4v) is 2.75. The molecule has 0 aromatic carbocycles. The molecular formula is C13H24N2O2. The van der Waals surface area contributed by atoms with Crippen LogP contribution in [-0.2, 0) is 9.53 Å². The van der Waals surface area contributed by atoms with E-state index in [1.807, 2.05) is 4.90 Å². The van der Waals surface area contributed by atoms with Crippen molar-refractivity contribution >= 4 is 5.91 Å². The van der Waals surface area contributed by atoms with Gasteiger partial charge in [0.2, 0.25) is 5.91 Å². The summed E-state index contributed by atoms with van der Waals surface area (Å²) in [6, 6.07) is 0. The molecule has 0 radical (unpaired) electrons. The first-order valence-corrected chi connectivity index (χ1v) is 6.93. The van der Waals surface area contributed by atoms with Crippen LogP contribution < -0.4 is 5.73 Å². The molecule has 2 atom stereocenters. The van der Waals surface area contributed by atoms with Crippen LogP contribution in [0.4, 0.5) is 0 Å².